The quantitative estimate of drug-likeness (QED) is 0.233. The van der Waals surface area contributed by atoms with E-state index in [9.17, 15) is 5.11 Å². The van der Waals surface area contributed by atoms with Crippen LogP contribution in [0.4, 0.5) is 11.5 Å². The molecule has 1 atom stereocenters. The Morgan fingerprint density at radius 2 is 1.97 bits per heavy atom. The monoisotopic (exact) mass is 592 g/mol. The third-order valence-corrected chi connectivity index (χ3v) is 7.09. The van der Waals surface area contributed by atoms with Crippen LogP contribution >= 0.6 is 22.6 Å². The number of hydrogen-bond donors (Lipinski definition) is 3. The molecule has 35 heavy (non-hydrogen) atoms. The van der Waals surface area contributed by atoms with Crippen molar-refractivity contribution in [3.05, 3.63) is 33.7 Å². The molecular weight excluding hydrogens is 563 g/mol. The van der Waals surface area contributed by atoms with E-state index in [2.05, 4.69) is 37.9 Å². The first-order valence-electron chi connectivity index (χ1n) is 11.7. The van der Waals surface area contributed by atoms with Crippen molar-refractivity contribution in [1.82, 2.24) is 24.6 Å². The number of fused-ring (bicyclic) bond motifs is 1. The van der Waals surface area contributed by atoms with Crippen LogP contribution in [0, 0.1) is 9.11 Å². The average Bonchev–Trinajstić information content (AvgIpc) is 3.24. The molecule has 5 rings (SSSR count). The molecule has 0 radical (unpaired) electrons. The Kier molecular flexibility index (Phi) is 7.20. The van der Waals surface area contributed by atoms with E-state index in [1.807, 2.05) is 33.8 Å². The average molecular weight is 592 g/mol. The summed E-state index contributed by atoms with van der Waals surface area (Å²) in [5, 5.41) is 26.4. The van der Waals surface area contributed by atoms with Gasteiger partial charge in [-0.05, 0) is 66.1 Å². The van der Waals surface area contributed by atoms with Crippen molar-refractivity contribution in [3.8, 4) is 5.75 Å². The van der Waals surface area contributed by atoms with Crippen LogP contribution in [0.1, 0.15) is 31.2 Å². The van der Waals surface area contributed by atoms with Gasteiger partial charge in [-0.15, -0.1) is 0 Å². The molecule has 0 spiro atoms. The SMILES string of the molecule is COc1ccc(NC(=N)N2CCN(c3nc4c(nc3CO)c(I)nn4C3CCCCO3)CC2)cc1. The Bertz CT molecular complexity index is 1190. The molecule has 3 aromatic rings. The van der Waals surface area contributed by atoms with Crippen LogP contribution in [0.3, 0.4) is 0 Å². The van der Waals surface area contributed by atoms with Crippen molar-refractivity contribution in [3.63, 3.8) is 0 Å². The number of aliphatic hydroxyl groups is 1. The molecule has 2 aliphatic heterocycles. The van der Waals surface area contributed by atoms with Gasteiger partial charge in [-0.3, -0.25) is 5.41 Å². The summed E-state index contributed by atoms with van der Waals surface area (Å²) >= 11 is 2.17. The summed E-state index contributed by atoms with van der Waals surface area (Å²) in [5.74, 6) is 1.79. The van der Waals surface area contributed by atoms with Gasteiger partial charge in [0.05, 0.1) is 13.7 Å². The zero-order chi connectivity index (χ0) is 24.4. The van der Waals surface area contributed by atoms with Crippen LogP contribution in [0.5, 0.6) is 5.75 Å². The number of methoxy groups -OCH3 is 1. The van der Waals surface area contributed by atoms with Gasteiger partial charge in [-0.25, -0.2) is 14.6 Å². The topological polar surface area (TPSA) is 125 Å². The minimum atomic E-state index is -0.200. The number of nitrogens with zero attached hydrogens (tertiary/aromatic N) is 6. The summed E-state index contributed by atoms with van der Waals surface area (Å²) in [6.45, 7) is 3.13. The second-order valence-corrected chi connectivity index (χ2v) is 9.58. The van der Waals surface area contributed by atoms with Gasteiger partial charge in [0.15, 0.2) is 27.4 Å². The number of halogens is 1. The number of ether oxygens (including phenoxy) is 2. The van der Waals surface area contributed by atoms with E-state index in [4.69, 9.17) is 24.9 Å². The molecule has 1 aromatic carbocycles. The first-order valence-corrected chi connectivity index (χ1v) is 12.8. The van der Waals surface area contributed by atoms with Gasteiger partial charge < -0.3 is 29.7 Å². The summed E-state index contributed by atoms with van der Waals surface area (Å²) in [6, 6.07) is 7.51. The molecule has 3 N–H and O–H groups in total. The first kappa shape index (κ1) is 24.0. The Labute approximate surface area is 217 Å². The highest BCUT2D eigenvalue weighted by molar-refractivity contribution is 14.1. The predicted octanol–water partition coefficient (Wildman–Crippen LogP) is 2.80. The number of guanidine groups is 1. The molecule has 0 bridgehead atoms. The van der Waals surface area contributed by atoms with Crippen LogP contribution in [0.15, 0.2) is 24.3 Å². The lowest BCUT2D eigenvalue weighted by Gasteiger charge is -2.37. The maximum absolute atomic E-state index is 10.0. The van der Waals surface area contributed by atoms with Crippen molar-refractivity contribution in [2.45, 2.75) is 32.1 Å². The minimum absolute atomic E-state index is 0.141. The van der Waals surface area contributed by atoms with E-state index < -0.39 is 0 Å². The molecule has 2 fully saturated rings. The van der Waals surface area contributed by atoms with Gasteiger partial charge in [0.25, 0.3) is 0 Å². The first-order chi connectivity index (χ1) is 17.1. The number of aromatic nitrogens is 4. The molecular formula is C23H29IN8O3. The van der Waals surface area contributed by atoms with Crippen molar-refractivity contribution in [1.29, 1.82) is 5.41 Å². The van der Waals surface area contributed by atoms with E-state index in [-0.39, 0.29) is 12.8 Å². The third-order valence-electron chi connectivity index (χ3n) is 6.36. The Hall–Kier alpha value is -2.71. The number of piperazine rings is 1. The van der Waals surface area contributed by atoms with Gasteiger partial charge in [-0.1, -0.05) is 0 Å². The normalized spacial score (nSPS) is 18.7. The molecule has 2 aliphatic rings. The Morgan fingerprint density at radius 1 is 1.20 bits per heavy atom. The van der Waals surface area contributed by atoms with Crippen LogP contribution in [-0.4, -0.2) is 75.6 Å². The van der Waals surface area contributed by atoms with Crippen LogP contribution in [0.25, 0.3) is 11.2 Å². The van der Waals surface area contributed by atoms with Crippen LogP contribution in [-0.2, 0) is 11.3 Å². The highest BCUT2D eigenvalue weighted by Crippen LogP contribution is 2.30. The molecule has 11 nitrogen and oxygen atoms in total. The fraction of sp³-hybridized carbons (Fsp3) is 0.478. The van der Waals surface area contributed by atoms with Gasteiger partial charge in [0.1, 0.15) is 17.0 Å². The smallest absolute Gasteiger partial charge is 0.195 e. The lowest BCUT2D eigenvalue weighted by atomic mass is 10.2. The van der Waals surface area contributed by atoms with Gasteiger partial charge in [0.2, 0.25) is 0 Å². The number of rotatable bonds is 5. The Balaban J connectivity index is 1.31. The van der Waals surface area contributed by atoms with Crippen molar-refractivity contribution in [2.24, 2.45) is 0 Å². The van der Waals surface area contributed by atoms with Gasteiger partial charge in [-0.2, -0.15) is 5.10 Å². The Morgan fingerprint density at radius 3 is 2.63 bits per heavy atom. The van der Waals surface area contributed by atoms with E-state index >= 15 is 0 Å². The van der Waals surface area contributed by atoms with Gasteiger partial charge >= 0.3 is 0 Å². The molecule has 186 valence electrons. The molecule has 4 heterocycles. The fourth-order valence-electron chi connectivity index (χ4n) is 4.45. The predicted molar refractivity (Wildman–Crippen MR) is 141 cm³/mol. The summed E-state index contributed by atoms with van der Waals surface area (Å²) in [6.07, 6.45) is 2.91. The standard InChI is InChI=1S/C23H29IN8O3/c1-34-16-7-5-15(6-8-16)26-23(25)31-11-9-30(10-12-31)21-17(14-33)27-19-20(24)29-32(22(19)28-21)18-4-2-3-13-35-18/h5-8,18,33H,2-4,9-14H2,1H3,(H2,25,26). The maximum atomic E-state index is 10.0. The summed E-state index contributed by atoms with van der Waals surface area (Å²) < 4.78 is 13.7. The van der Waals surface area contributed by atoms with E-state index in [0.29, 0.717) is 54.8 Å². The zero-order valence-corrected chi connectivity index (χ0v) is 21.7. The number of benzene rings is 1. The summed E-state index contributed by atoms with van der Waals surface area (Å²) in [7, 11) is 1.63. The minimum Gasteiger partial charge on any atom is -0.497 e. The number of aliphatic hydroxyl groups excluding tert-OH is 1. The molecule has 1 unspecified atom stereocenters. The van der Waals surface area contributed by atoms with E-state index in [0.717, 1.165) is 41.0 Å². The third kappa shape index (κ3) is 5.00. The number of anilines is 2. The van der Waals surface area contributed by atoms with Crippen molar-refractivity contribution < 1.29 is 14.6 Å². The molecule has 2 aromatic heterocycles. The maximum Gasteiger partial charge on any atom is 0.195 e. The lowest BCUT2D eigenvalue weighted by molar-refractivity contribution is -0.0372. The highest BCUT2D eigenvalue weighted by atomic mass is 127. The lowest BCUT2D eigenvalue weighted by Crippen LogP contribution is -2.50. The number of hydrogen-bond acceptors (Lipinski definition) is 8. The molecule has 0 saturated carbocycles. The highest BCUT2D eigenvalue weighted by Gasteiger charge is 2.27. The van der Waals surface area contributed by atoms with Crippen molar-refractivity contribution in [2.75, 3.05) is 50.1 Å². The molecule has 0 aliphatic carbocycles. The largest absolute Gasteiger partial charge is 0.497 e. The van der Waals surface area contributed by atoms with Crippen LogP contribution in [0.2, 0.25) is 0 Å². The fourth-order valence-corrected chi connectivity index (χ4v) is 5.04. The van der Waals surface area contributed by atoms with Crippen LogP contribution < -0.4 is 15.0 Å². The molecule has 0 amide bonds. The van der Waals surface area contributed by atoms with Gasteiger partial charge in [0, 0.05) is 38.5 Å². The second kappa shape index (κ2) is 10.5. The second-order valence-electron chi connectivity index (χ2n) is 8.56. The van der Waals surface area contributed by atoms with E-state index in [1.54, 1.807) is 7.11 Å². The zero-order valence-electron chi connectivity index (χ0n) is 19.6. The number of nitrogens with one attached hydrogen (secondary N) is 2. The van der Waals surface area contributed by atoms with E-state index in [1.165, 1.54) is 0 Å². The summed E-state index contributed by atoms with van der Waals surface area (Å²) in [4.78, 5) is 13.8. The summed E-state index contributed by atoms with van der Waals surface area (Å²) in [5.41, 5.74) is 2.76. The molecule has 2 saturated heterocycles. The van der Waals surface area contributed by atoms with Crippen molar-refractivity contribution >= 4 is 51.2 Å². The molecule has 12 heteroatoms.